The number of benzene rings is 4. The second-order valence-electron chi connectivity index (χ2n) is 16.3. The minimum Gasteiger partial charge on any atom is -0.371 e. The summed E-state index contributed by atoms with van der Waals surface area (Å²) in [6.45, 7) is 25.6. The second kappa shape index (κ2) is 14.3. The van der Waals surface area contributed by atoms with Crippen LogP contribution in [0.5, 0.6) is 0 Å². The molecule has 0 N–H and O–H groups in total. The van der Waals surface area contributed by atoms with Crippen LogP contribution >= 0.6 is 0 Å². The Morgan fingerprint density at radius 2 is 1.15 bits per heavy atom. The molecule has 1 aliphatic rings. The van der Waals surface area contributed by atoms with E-state index in [9.17, 15) is 0 Å². The predicted molar refractivity (Wildman–Crippen MR) is 206 cm³/mol. The Labute approximate surface area is 287 Å². The first kappa shape index (κ1) is 34.8. The third-order valence-electron chi connectivity index (χ3n) is 11.0. The minimum absolute atomic E-state index is 0.0859. The Morgan fingerprint density at radius 3 is 1.68 bits per heavy atom. The van der Waals surface area contributed by atoms with Gasteiger partial charge in [-0.2, -0.15) is 0 Å². The summed E-state index contributed by atoms with van der Waals surface area (Å²) >= 11 is 0. The summed E-state index contributed by atoms with van der Waals surface area (Å²) in [7, 11) is 0. The molecule has 0 saturated carbocycles. The summed E-state index contributed by atoms with van der Waals surface area (Å²) in [5.74, 6) is 1.68. The minimum atomic E-state index is 0.0859. The fourth-order valence-electron chi connectivity index (χ4n) is 7.13. The summed E-state index contributed by atoms with van der Waals surface area (Å²) in [5.41, 5.74) is 12.4. The molecule has 1 atom stereocenters. The Balaban J connectivity index is 1.31. The third-order valence-corrected chi connectivity index (χ3v) is 11.0. The van der Waals surface area contributed by atoms with Gasteiger partial charge in [0.1, 0.15) is 0 Å². The highest BCUT2D eigenvalue weighted by molar-refractivity contribution is 5.77. The zero-order chi connectivity index (χ0) is 33.9. The van der Waals surface area contributed by atoms with E-state index in [0.717, 1.165) is 6.54 Å². The maximum Gasteiger partial charge on any atom is 0.0461 e. The summed E-state index contributed by atoms with van der Waals surface area (Å²) in [6.07, 6.45) is 4.92. The predicted octanol–water partition coefficient (Wildman–Crippen LogP) is 12.8. The average molecular weight is 629 g/mol. The zero-order valence-corrected chi connectivity index (χ0v) is 31.0. The van der Waals surface area contributed by atoms with Gasteiger partial charge in [-0.15, -0.1) is 0 Å². The molecule has 1 heterocycles. The van der Waals surface area contributed by atoms with Gasteiger partial charge in [0.05, 0.1) is 0 Å². The molecule has 4 aromatic carbocycles. The molecule has 0 aliphatic carbocycles. The lowest BCUT2D eigenvalue weighted by Crippen LogP contribution is -2.32. The van der Waals surface area contributed by atoms with Gasteiger partial charge >= 0.3 is 0 Å². The standard InChI is InChI=1S/C45H60N2/c1-32(2)35-15-22-40(23-16-35)47(41-24-18-38(19-25-41)44(6,7)8)42-26-20-39(21-27-42)45(9,10)34(5)13-11-29-46-30-12-14-37-31-36(33(3)4)17-28-43(37)46/h15-28,31-34H,11-14,29-30H2,1-10H3. The first-order chi connectivity index (χ1) is 22.3. The van der Waals surface area contributed by atoms with Crippen molar-refractivity contribution in [1.29, 1.82) is 0 Å². The van der Waals surface area contributed by atoms with Crippen LogP contribution in [0.2, 0.25) is 0 Å². The summed E-state index contributed by atoms with van der Waals surface area (Å²) < 4.78 is 0. The number of rotatable bonds is 11. The smallest absolute Gasteiger partial charge is 0.0461 e. The van der Waals surface area contributed by atoms with Crippen molar-refractivity contribution in [3.8, 4) is 0 Å². The van der Waals surface area contributed by atoms with Gasteiger partial charge in [-0.25, -0.2) is 0 Å². The van der Waals surface area contributed by atoms with E-state index >= 15 is 0 Å². The number of aryl methyl sites for hydroxylation is 1. The van der Waals surface area contributed by atoms with Crippen molar-refractivity contribution in [2.45, 2.75) is 118 Å². The first-order valence-corrected chi connectivity index (χ1v) is 18.2. The van der Waals surface area contributed by atoms with Crippen molar-refractivity contribution >= 4 is 22.7 Å². The topological polar surface area (TPSA) is 6.48 Å². The van der Waals surface area contributed by atoms with E-state index in [4.69, 9.17) is 0 Å². The van der Waals surface area contributed by atoms with Gasteiger partial charge in [-0.1, -0.05) is 118 Å². The van der Waals surface area contributed by atoms with E-state index < -0.39 is 0 Å². The monoisotopic (exact) mass is 628 g/mol. The lowest BCUT2D eigenvalue weighted by molar-refractivity contribution is 0.318. The molecule has 0 spiro atoms. The lowest BCUT2D eigenvalue weighted by atomic mass is 9.72. The van der Waals surface area contributed by atoms with Crippen LogP contribution in [0.1, 0.15) is 128 Å². The molecule has 2 nitrogen and oxygen atoms in total. The molecule has 0 aromatic heterocycles. The van der Waals surface area contributed by atoms with Gasteiger partial charge in [0, 0.05) is 35.8 Å². The average Bonchev–Trinajstić information content (AvgIpc) is 3.05. The molecule has 0 amide bonds. The Kier molecular flexibility index (Phi) is 10.6. The maximum absolute atomic E-state index is 2.65. The SMILES string of the molecule is CC(C)c1ccc(N(c2ccc(C(C)(C)C)cc2)c2ccc(C(C)(C)C(C)CCCN3CCCc4cc(C(C)C)ccc43)cc2)cc1. The second-order valence-corrected chi connectivity index (χ2v) is 16.3. The van der Waals surface area contributed by atoms with E-state index in [1.807, 2.05) is 0 Å². The van der Waals surface area contributed by atoms with Crippen molar-refractivity contribution in [3.05, 3.63) is 119 Å². The molecule has 250 valence electrons. The summed E-state index contributed by atoms with van der Waals surface area (Å²) in [4.78, 5) is 5.05. The van der Waals surface area contributed by atoms with Gasteiger partial charge < -0.3 is 9.80 Å². The van der Waals surface area contributed by atoms with Gasteiger partial charge in [0.2, 0.25) is 0 Å². The van der Waals surface area contributed by atoms with Crippen LogP contribution in [0.25, 0.3) is 0 Å². The van der Waals surface area contributed by atoms with E-state index in [2.05, 4.69) is 170 Å². The van der Waals surface area contributed by atoms with Gasteiger partial charge in [0.15, 0.2) is 0 Å². The van der Waals surface area contributed by atoms with Crippen LogP contribution in [0, 0.1) is 5.92 Å². The Bertz CT molecular complexity index is 1580. The van der Waals surface area contributed by atoms with Crippen molar-refractivity contribution in [1.82, 2.24) is 0 Å². The van der Waals surface area contributed by atoms with Crippen LogP contribution < -0.4 is 9.80 Å². The fourth-order valence-corrected chi connectivity index (χ4v) is 7.13. The quantitative estimate of drug-likeness (QED) is 0.163. The number of hydrogen-bond acceptors (Lipinski definition) is 2. The van der Waals surface area contributed by atoms with E-state index in [0.29, 0.717) is 17.8 Å². The zero-order valence-electron chi connectivity index (χ0n) is 31.0. The highest BCUT2D eigenvalue weighted by Crippen LogP contribution is 2.40. The number of fused-ring (bicyclic) bond motifs is 1. The maximum atomic E-state index is 2.65. The molecule has 0 fully saturated rings. The van der Waals surface area contributed by atoms with Crippen LogP contribution in [0.4, 0.5) is 22.7 Å². The summed E-state index contributed by atoms with van der Waals surface area (Å²) in [6, 6.07) is 34.8. The molecular formula is C45H60N2. The largest absolute Gasteiger partial charge is 0.371 e. The van der Waals surface area contributed by atoms with Gasteiger partial charge in [-0.3, -0.25) is 0 Å². The van der Waals surface area contributed by atoms with Crippen molar-refractivity contribution in [3.63, 3.8) is 0 Å². The molecule has 0 bridgehead atoms. The van der Waals surface area contributed by atoms with Crippen molar-refractivity contribution in [2.24, 2.45) is 5.92 Å². The number of anilines is 4. The van der Waals surface area contributed by atoms with Crippen molar-refractivity contribution < 1.29 is 0 Å². The number of hydrogen-bond donors (Lipinski definition) is 0. The van der Waals surface area contributed by atoms with Crippen LogP contribution in [0.15, 0.2) is 91.0 Å². The Morgan fingerprint density at radius 1 is 0.638 bits per heavy atom. The molecule has 0 saturated heterocycles. The Hall–Kier alpha value is -3.52. The molecule has 1 unspecified atom stereocenters. The van der Waals surface area contributed by atoms with Crippen molar-refractivity contribution in [2.75, 3.05) is 22.9 Å². The van der Waals surface area contributed by atoms with Crippen LogP contribution in [0.3, 0.4) is 0 Å². The summed E-state index contributed by atoms with van der Waals surface area (Å²) in [5, 5.41) is 0. The first-order valence-electron chi connectivity index (χ1n) is 18.2. The van der Waals surface area contributed by atoms with E-state index in [1.54, 1.807) is 5.56 Å². The highest BCUT2D eigenvalue weighted by atomic mass is 15.1. The van der Waals surface area contributed by atoms with Gasteiger partial charge in [0.25, 0.3) is 0 Å². The fraction of sp³-hybridized carbons (Fsp3) is 0.467. The molecule has 0 radical (unpaired) electrons. The molecule has 2 heteroatoms. The van der Waals surface area contributed by atoms with Gasteiger partial charge in [-0.05, 0) is 125 Å². The van der Waals surface area contributed by atoms with E-state index in [-0.39, 0.29) is 10.8 Å². The van der Waals surface area contributed by atoms with Crippen LogP contribution in [-0.2, 0) is 17.3 Å². The lowest BCUT2D eigenvalue weighted by Gasteiger charge is -2.35. The number of nitrogens with zero attached hydrogens (tertiary/aromatic N) is 2. The van der Waals surface area contributed by atoms with Crippen LogP contribution in [-0.4, -0.2) is 13.1 Å². The molecule has 5 rings (SSSR count). The third kappa shape index (κ3) is 7.97. The molecular weight excluding hydrogens is 569 g/mol. The molecule has 47 heavy (non-hydrogen) atoms. The molecule has 4 aromatic rings. The normalized spacial score (nSPS) is 14.4. The molecule has 1 aliphatic heterocycles. The highest BCUT2D eigenvalue weighted by Gasteiger charge is 2.28. The van der Waals surface area contributed by atoms with E-state index in [1.165, 1.54) is 77.2 Å².